The molecule has 2 N–H and O–H groups in total. The van der Waals surface area contributed by atoms with Gasteiger partial charge in [-0.05, 0) is 31.4 Å². The van der Waals surface area contributed by atoms with Gasteiger partial charge in [-0.2, -0.15) is 4.68 Å². The molecule has 1 aliphatic carbocycles. The maximum absolute atomic E-state index is 13.5. The third kappa shape index (κ3) is 3.30. The highest BCUT2D eigenvalue weighted by Crippen LogP contribution is 2.35. The Morgan fingerprint density at radius 2 is 1.87 bits per heavy atom. The van der Waals surface area contributed by atoms with Crippen LogP contribution in [0.5, 0.6) is 0 Å². The summed E-state index contributed by atoms with van der Waals surface area (Å²) in [5.74, 6) is -0.705. The number of imidazole rings is 1. The number of para-hydroxylation sites is 2. The lowest BCUT2D eigenvalue weighted by atomic mass is 9.93. The molecular formula is C23H27N5O3. The van der Waals surface area contributed by atoms with E-state index in [2.05, 4.69) is 15.1 Å². The molecule has 5 rings (SSSR count). The molecule has 3 heterocycles. The summed E-state index contributed by atoms with van der Waals surface area (Å²) < 4.78 is 1.38. The van der Waals surface area contributed by atoms with Gasteiger partial charge in [-0.3, -0.25) is 24.4 Å². The summed E-state index contributed by atoms with van der Waals surface area (Å²) in [6.07, 6.45) is 6.46. The van der Waals surface area contributed by atoms with Crippen molar-refractivity contribution < 1.29 is 9.59 Å². The number of H-pyrrole nitrogens is 2. The Balaban J connectivity index is 1.55. The van der Waals surface area contributed by atoms with Crippen LogP contribution in [0.4, 0.5) is 0 Å². The second-order valence-electron chi connectivity index (χ2n) is 8.62. The quantitative estimate of drug-likeness (QED) is 0.618. The second kappa shape index (κ2) is 7.83. The number of imide groups is 1. The van der Waals surface area contributed by atoms with Crippen LogP contribution in [0.25, 0.3) is 17.0 Å². The molecule has 0 bridgehead atoms. The lowest BCUT2D eigenvalue weighted by Gasteiger charge is -2.29. The summed E-state index contributed by atoms with van der Waals surface area (Å²) in [7, 11) is 0. The van der Waals surface area contributed by atoms with Gasteiger partial charge in [0.2, 0.25) is 17.8 Å². The van der Waals surface area contributed by atoms with Gasteiger partial charge in [0.25, 0.3) is 5.56 Å². The number of carbonyl (C=O) groups excluding carboxylic acids is 2. The minimum Gasteiger partial charge on any atom is -0.322 e. The topological polar surface area (TPSA) is 104 Å². The Morgan fingerprint density at radius 3 is 2.61 bits per heavy atom. The molecule has 1 aliphatic heterocycles. The zero-order chi connectivity index (χ0) is 21.5. The average molecular weight is 422 g/mol. The van der Waals surface area contributed by atoms with Crippen molar-refractivity contribution in [2.75, 3.05) is 0 Å². The van der Waals surface area contributed by atoms with Gasteiger partial charge in [0.1, 0.15) is 0 Å². The van der Waals surface area contributed by atoms with Crippen LogP contribution >= 0.6 is 0 Å². The highest BCUT2D eigenvalue weighted by Gasteiger charge is 2.45. The van der Waals surface area contributed by atoms with Crippen LogP contribution in [0, 0.1) is 0 Å². The molecule has 0 spiro atoms. The first-order chi connectivity index (χ1) is 15.1. The van der Waals surface area contributed by atoms with Crippen LogP contribution in [-0.4, -0.2) is 42.5 Å². The van der Waals surface area contributed by atoms with Crippen molar-refractivity contribution in [2.24, 2.45) is 0 Å². The van der Waals surface area contributed by atoms with Crippen LogP contribution in [0.15, 0.2) is 29.1 Å². The van der Waals surface area contributed by atoms with E-state index in [1.807, 2.05) is 31.2 Å². The minimum atomic E-state index is -0.717. The number of nitrogens with zero attached hydrogens (tertiary/aromatic N) is 3. The summed E-state index contributed by atoms with van der Waals surface area (Å²) in [6.45, 7) is 2.02. The maximum Gasteiger partial charge on any atom is 0.278 e. The second-order valence-corrected chi connectivity index (χ2v) is 8.62. The summed E-state index contributed by atoms with van der Waals surface area (Å²) >= 11 is 0. The number of hydrogen-bond acceptors (Lipinski definition) is 4. The van der Waals surface area contributed by atoms with Gasteiger partial charge >= 0.3 is 0 Å². The van der Waals surface area contributed by atoms with E-state index in [1.165, 1.54) is 9.58 Å². The Labute approximate surface area is 179 Å². The fourth-order valence-electron chi connectivity index (χ4n) is 5.09. The molecule has 2 amide bonds. The Morgan fingerprint density at radius 1 is 1.10 bits per heavy atom. The highest BCUT2D eigenvalue weighted by atomic mass is 16.2. The molecule has 0 unspecified atom stereocenters. The van der Waals surface area contributed by atoms with E-state index in [0.717, 1.165) is 49.6 Å². The van der Waals surface area contributed by atoms with Crippen molar-refractivity contribution in [3.05, 3.63) is 45.9 Å². The summed E-state index contributed by atoms with van der Waals surface area (Å²) in [4.78, 5) is 48.7. The van der Waals surface area contributed by atoms with E-state index in [-0.39, 0.29) is 29.8 Å². The number of likely N-dealkylation sites (tertiary alicyclic amines) is 1. The smallest absolute Gasteiger partial charge is 0.278 e. The number of carbonyl (C=O) groups is 2. The van der Waals surface area contributed by atoms with Gasteiger partial charge < -0.3 is 4.98 Å². The van der Waals surface area contributed by atoms with Crippen LogP contribution in [0.1, 0.15) is 69.0 Å². The first-order valence-electron chi connectivity index (χ1n) is 11.2. The molecule has 1 atom stereocenters. The van der Waals surface area contributed by atoms with E-state index in [0.29, 0.717) is 23.6 Å². The molecule has 1 saturated carbocycles. The van der Waals surface area contributed by atoms with Gasteiger partial charge in [-0.15, -0.1) is 0 Å². The van der Waals surface area contributed by atoms with Crippen molar-refractivity contribution in [1.29, 1.82) is 0 Å². The van der Waals surface area contributed by atoms with E-state index in [4.69, 9.17) is 0 Å². The molecule has 31 heavy (non-hydrogen) atoms. The monoisotopic (exact) mass is 421 g/mol. The van der Waals surface area contributed by atoms with Crippen molar-refractivity contribution in [3.63, 3.8) is 0 Å². The van der Waals surface area contributed by atoms with Gasteiger partial charge in [0.05, 0.1) is 22.5 Å². The molecule has 0 radical (unpaired) electrons. The normalized spacial score (nSPS) is 20.3. The molecule has 8 heteroatoms. The minimum absolute atomic E-state index is 0.0232. The largest absolute Gasteiger partial charge is 0.322 e. The SMILES string of the molecule is CCCc1[nH]n(-c2nc3ccccc3[nH]2)c(=O)c1[C@H]1CC(=O)N(C2CCCCC2)C1=O. The molecule has 2 aliphatic rings. The van der Waals surface area contributed by atoms with Gasteiger partial charge in [-0.1, -0.05) is 44.7 Å². The lowest BCUT2D eigenvalue weighted by molar-refractivity contribution is -0.142. The molecule has 162 valence electrons. The van der Waals surface area contributed by atoms with E-state index >= 15 is 0 Å². The summed E-state index contributed by atoms with van der Waals surface area (Å²) in [5.41, 5.74) is 2.41. The molecule has 2 aromatic heterocycles. The summed E-state index contributed by atoms with van der Waals surface area (Å²) in [6, 6.07) is 7.54. The van der Waals surface area contributed by atoms with Gasteiger partial charge in [0.15, 0.2) is 0 Å². The van der Waals surface area contributed by atoms with Crippen molar-refractivity contribution >= 4 is 22.8 Å². The van der Waals surface area contributed by atoms with E-state index in [9.17, 15) is 14.4 Å². The van der Waals surface area contributed by atoms with Crippen molar-refractivity contribution in [1.82, 2.24) is 24.6 Å². The zero-order valence-corrected chi connectivity index (χ0v) is 17.7. The molecule has 2 fully saturated rings. The third-order valence-corrected chi connectivity index (χ3v) is 6.57. The van der Waals surface area contributed by atoms with Crippen LogP contribution in [-0.2, 0) is 16.0 Å². The van der Waals surface area contributed by atoms with Crippen molar-refractivity contribution in [2.45, 2.75) is 70.3 Å². The molecule has 3 aromatic rings. The van der Waals surface area contributed by atoms with Crippen molar-refractivity contribution in [3.8, 4) is 5.95 Å². The molecule has 1 aromatic carbocycles. The highest BCUT2D eigenvalue weighted by molar-refractivity contribution is 6.06. The number of hydrogen-bond donors (Lipinski definition) is 2. The maximum atomic E-state index is 13.5. The van der Waals surface area contributed by atoms with E-state index in [1.54, 1.807) is 0 Å². The molecular weight excluding hydrogens is 394 g/mol. The van der Waals surface area contributed by atoms with Crippen LogP contribution in [0.3, 0.4) is 0 Å². The summed E-state index contributed by atoms with van der Waals surface area (Å²) in [5, 5.41) is 3.16. The lowest BCUT2D eigenvalue weighted by Crippen LogP contribution is -2.41. The van der Waals surface area contributed by atoms with E-state index < -0.39 is 5.92 Å². The number of aromatic amines is 2. The fraction of sp³-hybridized carbons (Fsp3) is 0.478. The Kier molecular flexibility index (Phi) is 5.00. The first-order valence-corrected chi connectivity index (χ1v) is 11.2. The number of aryl methyl sites for hydroxylation is 1. The van der Waals surface area contributed by atoms with Gasteiger partial charge in [0, 0.05) is 18.2 Å². The fourth-order valence-corrected chi connectivity index (χ4v) is 5.09. The molecule has 8 nitrogen and oxygen atoms in total. The molecule has 1 saturated heterocycles. The zero-order valence-electron chi connectivity index (χ0n) is 17.7. The first kappa shape index (κ1) is 19.8. The average Bonchev–Trinajstić information content (AvgIpc) is 3.42. The number of fused-ring (bicyclic) bond motifs is 1. The predicted octanol–water partition coefficient (Wildman–Crippen LogP) is 3.17. The number of amides is 2. The Bertz CT molecular complexity index is 1160. The third-order valence-electron chi connectivity index (χ3n) is 6.57. The number of aromatic nitrogens is 4. The standard InChI is InChI=1S/C23H27N5O3/c1-2-8-18-20(15-13-19(29)27(21(15)30)14-9-4-3-5-10-14)22(31)28(26-18)23-24-16-11-6-7-12-17(16)25-23/h6-7,11-12,14-15,26H,2-5,8-10,13H2,1H3,(H,24,25)/t15-/m1/s1. The van der Waals surface area contributed by atoms with Gasteiger partial charge in [-0.25, -0.2) is 4.98 Å². The Hall–Kier alpha value is -3.16. The number of benzene rings is 1. The van der Waals surface area contributed by atoms with Crippen LogP contribution in [0.2, 0.25) is 0 Å². The number of rotatable bonds is 5. The van der Waals surface area contributed by atoms with Crippen LogP contribution < -0.4 is 5.56 Å². The number of nitrogens with one attached hydrogen (secondary N) is 2. The predicted molar refractivity (Wildman–Crippen MR) is 116 cm³/mol.